The van der Waals surface area contributed by atoms with Crippen LogP contribution >= 0.6 is 11.6 Å². The topological polar surface area (TPSA) is 38.3 Å². The number of hydrogen-bond acceptors (Lipinski definition) is 2. The molecule has 1 amide bonds. The first-order valence-corrected chi connectivity index (χ1v) is 12.9. The highest BCUT2D eigenvalue weighted by Gasteiger charge is 2.42. The van der Waals surface area contributed by atoms with E-state index >= 15 is 0 Å². The van der Waals surface area contributed by atoms with Gasteiger partial charge in [0.2, 0.25) is 5.91 Å². The van der Waals surface area contributed by atoms with Crippen LogP contribution in [-0.2, 0) is 4.79 Å². The standard InChI is InChI=1S/C31H32ClNO2/c1-35-27-16-11-23(12-17-27)31(22-9-14-26(32)15-10-22)25-13-18-29-28(19-25)24(20-30(34)33-29)8-7-21-5-3-2-4-6-21/h2-12,14-17,24-25,28-29,31H,13,18-20H2,1H3,(H,33,34)/b8-7+. The highest BCUT2D eigenvalue weighted by molar-refractivity contribution is 6.30. The van der Waals surface area contributed by atoms with Crippen molar-refractivity contribution in [1.82, 2.24) is 5.32 Å². The molecule has 0 bridgehead atoms. The van der Waals surface area contributed by atoms with Crippen LogP contribution in [0.1, 0.15) is 48.3 Å². The van der Waals surface area contributed by atoms with Gasteiger partial charge in [-0.25, -0.2) is 0 Å². The number of ether oxygens (including phenoxy) is 1. The number of halogens is 1. The molecule has 180 valence electrons. The van der Waals surface area contributed by atoms with Crippen LogP contribution in [0.2, 0.25) is 5.02 Å². The predicted molar refractivity (Wildman–Crippen MR) is 143 cm³/mol. The summed E-state index contributed by atoms with van der Waals surface area (Å²) in [5, 5.41) is 4.06. The molecule has 3 nitrogen and oxygen atoms in total. The first-order valence-electron chi connectivity index (χ1n) is 12.5. The van der Waals surface area contributed by atoms with Crippen molar-refractivity contribution in [3.63, 3.8) is 0 Å². The summed E-state index contributed by atoms with van der Waals surface area (Å²) < 4.78 is 5.41. The molecule has 5 atom stereocenters. The van der Waals surface area contributed by atoms with Gasteiger partial charge in [0.05, 0.1) is 7.11 Å². The Bertz CT molecular complexity index is 1160. The maximum atomic E-state index is 12.5. The third-order valence-electron chi connectivity index (χ3n) is 7.77. The molecule has 2 aliphatic rings. The summed E-state index contributed by atoms with van der Waals surface area (Å²) >= 11 is 6.23. The Labute approximate surface area is 213 Å². The van der Waals surface area contributed by atoms with E-state index in [1.807, 2.05) is 18.2 Å². The lowest BCUT2D eigenvalue weighted by atomic mass is 9.64. The van der Waals surface area contributed by atoms with Gasteiger partial charge in [-0.05, 0) is 78.0 Å². The third kappa shape index (κ3) is 5.46. The van der Waals surface area contributed by atoms with Crippen LogP contribution < -0.4 is 10.1 Å². The molecule has 2 fully saturated rings. The van der Waals surface area contributed by atoms with Crippen LogP contribution in [-0.4, -0.2) is 19.1 Å². The van der Waals surface area contributed by atoms with Crippen molar-refractivity contribution >= 4 is 23.6 Å². The van der Waals surface area contributed by atoms with Gasteiger partial charge in [0.15, 0.2) is 0 Å². The Morgan fingerprint density at radius 1 is 0.943 bits per heavy atom. The van der Waals surface area contributed by atoms with Crippen molar-refractivity contribution < 1.29 is 9.53 Å². The molecule has 1 saturated heterocycles. The quantitative estimate of drug-likeness (QED) is 0.403. The smallest absolute Gasteiger partial charge is 0.220 e. The lowest BCUT2D eigenvalue weighted by Gasteiger charge is -2.45. The number of rotatable bonds is 6. The van der Waals surface area contributed by atoms with Gasteiger partial charge in [0.25, 0.3) is 0 Å². The average molecular weight is 486 g/mol. The average Bonchev–Trinajstić information content (AvgIpc) is 2.89. The van der Waals surface area contributed by atoms with Crippen molar-refractivity contribution in [2.24, 2.45) is 17.8 Å². The molecular weight excluding hydrogens is 454 g/mol. The molecule has 5 unspecified atom stereocenters. The van der Waals surface area contributed by atoms with Gasteiger partial charge in [0, 0.05) is 23.4 Å². The maximum absolute atomic E-state index is 12.5. The molecule has 4 heteroatoms. The summed E-state index contributed by atoms with van der Waals surface area (Å²) in [6.45, 7) is 0. The van der Waals surface area contributed by atoms with Crippen molar-refractivity contribution in [3.8, 4) is 5.75 Å². The van der Waals surface area contributed by atoms with Gasteiger partial charge in [0.1, 0.15) is 5.75 Å². The maximum Gasteiger partial charge on any atom is 0.220 e. The van der Waals surface area contributed by atoms with E-state index in [1.165, 1.54) is 16.7 Å². The number of hydrogen-bond donors (Lipinski definition) is 1. The summed E-state index contributed by atoms with van der Waals surface area (Å²) in [6.07, 6.45) is 8.19. The summed E-state index contributed by atoms with van der Waals surface area (Å²) in [6, 6.07) is 27.4. The van der Waals surface area contributed by atoms with Gasteiger partial charge >= 0.3 is 0 Å². The van der Waals surface area contributed by atoms with Gasteiger partial charge in [-0.2, -0.15) is 0 Å². The Morgan fingerprint density at radius 2 is 1.63 bits per heavy atom. The second kappa shape index (κ2) is 10.7. The lowest BCUT2D eigenvalue weighted by Crippen LogP contribution is -2.51. The van der Waals surface area contributed by atoms with E-state index < -0.39 is 0 Å². The summed E-state index contributed by atoms with van der Waals surface area (Å²) in [5.74, 6) is 2.48. The number of amides is 1. The molecule has 1 saturated carbocycles. The molecular formula is C31H32ClNO2. The summed E-state index contributed by atoms with van der Waals surface area (Å²) in [4.78, 5) is 12.5. The molecule has 0 spiro atoms. The van der Waals surface area contributed by atoms with Crippen molar-refractivity contribution in [2.75, 3.05) is 7.11 Å². The number of allylic oxidation sites excluding steroid dienone is 1. The van der Waals surface area contributed by atoms with Gasteiger partial charge in [-0.3, -0.25) is 4.79 Å². The number of piperidine rings is 1. The molecule has 1 N–H and O–H groups in total. The number of methoxy groups -OCH3 is 1. The second-order valence-electron chi connectivity index (χ2n) is 9.85. The summed E-state index contributed by atoms with van der Waals surface area (Å²) in [5.41, 5.74) is 3.77. The van der Waals surface area contributed by atoms with Gasteiger partial charge in [-0.15, -0.1) is 0 Å². The van der Waals surface area contributed by atoms with E-state index in [0.717, 1.165) is 30.0 Å². The molecule has 1 aliphatic carbocycles. The van der Waals surface area contributed by atoms with E-state index in [9.17, 15) is 4.79 Å². The first-order chi connectivity index (χ1) is 17.1. The molecule has 1 heterocycles. The first kappa shape index (κ1) is 23.7. The predicted octanol–water partition coefficient (Wildman–Crippen LogP) is 7.11. The lowest BCUT2D eigenvalue weighted by molar-refractivity contribution is -0.126. The molecule has 0 radical (unpaired) electrons. The van der Waals surface area contributed by atoms with E-state index in [1.54, 1.807) is 7.11 Å². The largest absolute Gasteiger partial charge is 0.497 e. The van der Waals surface area contributed by atoms with E-state index in [2.05, 4.69) is 78.1 Å². The number of carbonyl (C=O) groups excluding carboxylic acids is 1. The fourth-order valence-electron chi connectivity index (χ4n) is 6.05. The van der Waals surface area contributed by atoms with E-state index in [4.69, 9.17) is 16.3 Å². The molecule has 3 aromatic carbocycles. The van der Waals surface area contributed by atoms with Crippen molar-refractivity contribution in [2.45, 2.75) is 37.6 Å². The molecule has 1 aliphatic heterocycles. The van der Waals surface area contributed by atoms with Gasteiger partial charge in [-0.1, -0.05) is 78.4 Å². The van der Waals surface area contributed by atoms with Gasteiger partial charge < -0.3 is 10.1 Å². The second-order valence-corrected chi connectivity index (χ2v) is 10.3. The Kier molecular flexibility index (Phi) is 7.24. The number of carbonyl (C=O) groups is 1. The van der Waals surface area contributed by atoms with Crippen LogP contribution in [0, 0.1) is 17.8 Å². The minimum atomic E-state index is 0.178. The number of fused-ring (bicyclic) bond motifs is 1. The Morgan fingerprint density at radius 3 is 2.31 bits per heavy atom. The normalized spacial score (nSPS) is 25.0. The number of benzene rings is 3. The molecule has 0 aromatic heterocycles. The zero-order valence-corrected chi connectivity index (χ0v) is 20.8. The zero-order valence-electron chi connectivity index (χ0n) is 20.1. The van der Waals surface area contributed by atoms with E-state index in [-0.39, 0.29) is 23.8 Å². The van der Waals surface area contributed by atoms with Crippen LogP contribution in [0.5, 0.6) is 5.75 Å². The monoisotopic (exact) mass is 485 g/mol. The minimum absolute atomic E-state index is 0.178. The fraction of sp³-hybridized carbons (Fsp3) is 0.323. The highest BCUT2D eigenvalue weighted by atomic mass is 35.5. The van der Waals surface area contributed by atoms with Crippen molar-refractivity contribution in [3.05, 3.63) is 107 Å². The van der Waals surface area contributed by atoms with Crippen LogP contribution in [0.25, 0.3) is 6.08 Å². The fourth-order valence-corrected chi connectivity index (χ4v) is 6.18. The Balaban J connectivity index is 1.44. The molecule has 3 aromatic rings. The Hall–Kier alpha value is -3.04. The van der Waals surface area contributed by atoms with Crippen LogP contribution in [0.4, 0.5) is 0 Å². The zero-order chi connectivity index (χ0) is 24.2. The highest BCUT2D eigenvalue weighted by Crippen LogP contribution is 2.46. The number of nitrogens with one attached hydrogen (secondary N) is 1. The van der Waals surface area contributed by atoms with Crippen molar-refractivity contribution in [1.29, 1.82) is 0 Å². The summed E-state index contributed by atoms with van der Waals surface area (Å²) in [7, 11) is 1.70. The third-order valence-corrected chi connectivity index (χ3v) is 8.02. The molecule has 5 rings (SSSR count). The molecule has 35 heavy (non-hydrogen) atoms. The van der Waals surface area contributed by atoms with E-state index in [0.29, 0.717) is 18.3 Å². The SMILES string of the molecule is COc1ccc(C(c2ccc(Cl)cc2)C2CCC3NC(=O)CC(/C=C/c4ccccc4)C3C2)cc1. The van der Waals surface area contributed by atoms with Crippen LogP contribution in [0.3, 0.4) is 0 Å². The minimum Gasteiger partial charge on any atom is -0.497 e. The van der Waals surface area contributed by atoms with Crippen LogP contribution in [0.15, 0.2) is 84.9 Å².